The van der Waals surface area contributed by atoms with Crippen molar-refractivity contribution in [1.82, 2.24) is 14.8 Å². The highest BCUT2D eigenvalue weighted by molar-refractivity contribution is 7.89. The molecule has 0 unspecified atom stereocenters. The van der Waals surface area contributed by atoms with Gasteiger partial charge in [-0.3, -0.25) is 0 Å². The minimum Gasteiger partial charge on any atom is -0.361 e. The van der Waals surface area contributed by atoms with Crippen molar-refractivity contribution in [3.63, 3.8) is 0 Å². The number of nitrogens with zero attached hydrogens (tertiary/aromatic N) is 1. The number of rotatable bonds is 6. The van der Waals surface area contributed by atoms with Gasteiger partial charge in [-0.2, -0.15) is 13.5 Å². The van der Waals surface area contributed by atoms with Crippen molar-refractivity contribution in [3.8, 4) is 0 Å². The van der Waals surface area contributed by atoms with Crippen LogP contribution in [0.3, 0.4) is 0 Å². The molecule has 33 heavy (non-hydrogen) atoms. The lowest BCUT2D eigenvalue weighted by Crippen LogP contribution is -2.22. The third kappa shape index (κ3) is 3.91. The molecule has 7 heteroatoms. The van der Waals surface area contributed by atoms with Gasteiger partial charge >= 0.3 is 0 Å². The van der Waals surface area contributed by atoms with Crippen LogP contribution in [0.15, 0.2) is 95.2 Å². The van der Waals surface area contributed by atoms with Crippen molar-refractivity contribution in [1.29, 1.82) is 0 Å². The van der Waals surface area contributed by atoms with Crippen LogP contribution in [0.5, 0.6) is 0 Å². The van der Waals surface area contributed by atoms with Crippen molar-refractivity contribution in [2.24, 2.45) is 5.10 Å². The number of nitrogens with one attached hydrogen (secondary N) is 3. The average molecular weight is 457 g/mol. The van der Waals surface area contributed by atoms with Crippen LogP contribution in [0.4, 0.5) is 0 Å². The summed E-state index contributed by atoms with van der Waals surface area (Å²) < 4.78 is 25.7. The summed E-state index contributed by atoms with van der Waals surface area (Å²) in [5, 5.41) is 6.52. The summed E-state index contributed by atoms with van der Waals surface area (Å²) in [7, 11) is -3.78. The number of H-pyrrole nitrogens is 2. The van der Waals surface area contributed by atoms with E-state index in [4.69, 9.17) is 0 Å². The maximum atomic E-state index is 12.8. The van der Waals surface area contributed by atoms with E-state index < -0.39 is 10.0 Å². The highest BCUT2D eigenvalue weighted by Crippen LogP contribution is 2.35. The fourth-order valence-corrected chi connectivity index (χ4v) is 5.11. The fraction of sp³-hybridized carbons (Fsp3) is 0.115. The third-order valence-electron chi connectivity index (χ3n) is 5.96. The summed E-state index contributed by atoms with van der Waals surface area (Å²) in [6.45, 7) is 3.77. The fourth-order valence-electron chi connectivity index (χ4n) is 4.25. The van der Waals surface area contributed by atoms with E-state index in [0.29, 0.717) is 5.71 Å². The molecule has 0 spiro atoms. The van der Waals surface area contributed by atoms with Crippen LogP contribution < -0.4 is 4.83 Å². The Hall–Kier alpha value is -3.84. The number of fused-ring (bicyclic) bond motifs is 2. The highest BCUT2D eigenvalue weighted by atomic mass is 32.2. The van der Waals surface area contributed by atoms with E-state index >= 15 is 0 Å². The third-order valence-corrected chi connectivity index (χ3v) is 7.18. The number of hydrogen-bond donors (Lipinski definition) is 3. The monoisotopic (exact) mass is 456 g/mol. The molecule has 0 fully saturated rings. The van der Waals surface area contributed by atoms with Gasteiger partial charge in [0, 0.05) is 39.9 Å². The summed E-state index contributed by atoms with van der Waals surface area (Å²) in [5.41, 5.74) is 5.74. The van der Waals surface area contributed by atoms with Gasteiger partial charge in [0.05, 0.1) is 10.8 Å². The molecule has 0 saturated carbocycles. The molecule has 3 aromatic carbocycles. The van der Waals surface area contributed by atoms with Crippen LogP contribution in [0, 0.1) is 6.92 Å². The van der Waals surface area contributed by atoms with Gasteiger partial charge in [0.2, 0.25) is 0 Å². The molecule has 0 aliphatic carbocycles. The molecular formula is C26H24N4O2S. The predicted molar refractivity (Wildman–Crippen MR) is 133 cm³/mol. The lowest BCUT2D eigenvalue weighted by molar-refractivity contribution is 0.584. The second-order valence-corrected chi connectivity index (χ2v) is 9.83. The van der Waals surface area contributed by atoms with Gasteiger partial charge in [0.1, 0.15) is 0 Å². The van der Waals surface area contributed by atoms with Crippen molar-refractivity contribution in [2.75, 3.05) is 0 Å². The molecule has 2 heterocycles. The Kier molecular flexibility index (Phi) is 5.26. The van der Waals surface area contributed by atoms with E-state index in [0.717, 1.165) is 38.5 Å². The second-order valence-electron chi connectivity index (χ2n) is 8.17. The summed E-state index contributed by atoms with van der Waals surface area (Å²) in [6, 6.07) is 22.8. The smallest absolute Gasteiger partial charge is 0.276 e. The van der Waals surface area contributed by atoms with Gasteiger partial charge in [0.25, 0.3) is 10.0 Å². The Morgan fingerprint density at radius 1 is 0.818 bits per heavy atom. The number of benzene rings is 3. The van der Waals surface area contributed by atoms with Crippen LogP contribution in [0.25, 0.3) is 21.8 Å². The van der Waals surface area contributed by atoms with Crippen molar-refractivity contribution in [3.05, 3.63) is 102 Å². The topological polar surface area (TPSA) is 90.1 Å². The van der Waals surface area contributed by atoms with Crippen LogP contribution in [-0.2, 0) is 10.0 Å². The zero-order chi connectivity index (χ0) is 23.0. The lowest BCUT2D eigenvalue weighted by atomic mass is 9.87. The molecule has 6 nitrogen and oxygen atoms in total. The summed E-state index contributed by atoms with van der Waals surface area (Å²) in [6.07, 6.45) is 3.95. The molecule has 0 aliphatic heterocycles. The molecule has 0 aliphatic rings. The molecule has 166 valence electrons. The van der Waals surface area contributed by atoms with Gasteiger partial charge in [-0.05, 0) is 49.2 Å². The van der Waals surface area contributed by atoms with Crippen LogP contribution in [0.2, 0.25) is 0 Å². The van der Waals surface area contributed by atoms with Gasteiger partial charge in [-0.25, -0.2) is 4.83 Å². The molecule has 5 aromatic rings. The standard InChI is InChI=1S/C26H24N4O2S/c1-17-11-13-19(14-12-17)33(31,32)30-29-18(2)26(22-15-27-24-9-5-3-7-20(22)24)23-16-28-25-10-6-4-8-21(23)25/h3-16,26-28,30H,1-2H3/b29-18+. The molecule has 0 saturated heterocycles. The van der Waals surface area contributed by atoms with Crippen LogP contribution in [-0.4, -0.2) is 24.1 Å². The van der Waals surface area contributed by atoms with E-state index in [1.807, 2.05) is 62.6 Å². The normalized spacial score (nSPS) is 12.6. The average Bonchev–Trinajstić information content (AvgIpc) is 3.44. The lowest BCUT2D eigenvalue weighted by Gasteiger charge is -2.17. The van der Waals surface area contributed by atoms with E-state index in [1.54, 1.807) is 24.3 Å². The van der Waals surface area contributed by atoms with Gasteiger partial charge < -0.3 is 9.97 Å². The highest BCUT2D eigenvalue weighted by Gasteiger charge is 2.25. The molecule has 0 amide bonds. The Balaban J connectivity index is 1.60. The molecule has 0 radical (unpaired) electrons. The van der Waals surface area contributed by atoms with Crippen LogP contribution >= 0.6 is 0 Å². The maximum Gasteiger partial charge on any atom is 0.276 e. The van der Waals surface area contributed by atoms with E-state index in [2.05, 4.69) is 32.0 Å². The molecular weight excluding hydrogens is 432 g/mol. The number of sulfonamides is 1. The Morgan fingerprint density at radius 2 is 1.33 bits per heavy atom. The Labute approximate surface area is 192 Å². The first-order valence-corrected chi connectivity index (χ1v) is 12.2. The number of aromatic nitrogens is 2. The molecule has 0 atom stereocenters. The van der Waals surface area contributed by atoms with Crippen molar-refractivity contribution in [2.45, 2.75) is 24.7 Å². The van der Waals surface area contributed by atoms with Crippen molar-refractivity contribution >= 4 is 37.5 Å². The molecule has 5 rings (SSSR count). The zero-order valence-electron chi connectivity index (χ0n) is 18.3. The first-order chi connectivity index (χ1) is 15.9. The van der Waals surface area contributed by atoms with Gasteiger partial charge in [-0.15, -0.1) is 0 Å². The first kappa shape index (κ1) is 21.0. The quantitative estimate of drug-likeness (QED) is 0.234. The molecule has 3 N–H and O–H groups in total. The summed E-state index contributed by atoms with van der Waals surface area (Å²) in [4.78, 5) is 9.28. The van der Waals surface area contributed by atoms with E-state index in [-0.39, 0.29) is 10.8 Å². The Morgan fingerprint density at radius 3 is 1.88 bits per heavy atom. The largest absolute Gasteiger partial charge is 0.361 e. The predicted octanol–water partition coefficient (Wildman–Crippen LogP) is 5.44. The van der Waals surface area contributed by atoms with E-state index in [9.17, 15) is 8.42 Å². The number of aromatic amines is 2. The number of hydrazone groups is 1. The number of hydrogen-bond acceptors (Lipinski definition) is 3. The molecule has 0 bridgehead atoms. The summed E-state index contributed by atoms with van der Waals surface area (Å²) in [5.74, 6) is -0.252. The molecule has 2 aromatic heterocycles. The first-order valence-electron chi connectivity index (χ1n) is 10.7. The SMILES string of the molecule is C/C(=N\NS(=O)(=O)c1ccc(C)cc1)C(c1c[nH]c2ccccc12)c1c[nH]c2ccccc12. The number of aryl methyl sites for hydroxylation is 1. The Bertz CT molecular complexity index is 1500. The van der Waals surface area contributed by atoms with Gasteiger partial charge in [-0.1, -0.05) is 54.1 Å². The minimum atomic E-state index is -3.78. The second kappa shape index (κ2) is 8.26. The maximum absolute atomic E-state index is 12.8. The zero-order valence-corrected chi connectivity index (χ0v) is 19.1. The minimum absolute atomic E-state index is 0.181. The van der Waals surface area contributed by atoms with Crippen molar-refractivity contribution < 1.29 is 8.42 Å². The van der Waals surface area contributed by atoms with Gasteiger partial charge in [0.15, 0.2) is 0 Å². The summed E-state index contributed by atoms with van der Waals surface area (Å²) >= 11 is 0. The van der Waals surface area contributed by atoms with E-state index in [1.165, 1.54) is 0 Å². The number of para-hydroxylation sites is 2. The van der Waals surface area contributed by atoms with Crippen LogP contribution in [0.1, 0.15) is 29.5 Å².